The van der Waals surface area contributed by atoms with E-state index in [-0.39, 0.29) is 41.7 Å². The van der Waals surface area contributed by atoms with Crippen molar-refractivity contribution in [3.63, 3.8) is 0 Å². The molecular formula is C38H44O12. The van der Waals surface area contributed by atoms with Crippen molar-refractivity contribution in [2.24, 2.45) is 16.7 Å². The first kappa shape index (κ1) is 35.7. The number of carbonyl (C=O) groups excluding carboxylic acids is 4. The smallest absolute Gasteiger partial charge is 0.338 e. The van der Waals surface area contributed by atoms with Gasteiger partial charge in [-0.1, -0.05) is 43.3 Å². The van der Waals surface area contributed by atoms with Gasteiger partial charge in [0.2, 0.25) is 0 Å². The lowest BCUT2D eigenvalue weighted by molar-refractivity contribution is -0.351. The summed E-state index contributed by atoms with van der Waals surface area (Å²) in [6, 6.07) is 16.3. The van der Waals surface area contributed by atoms with Crippen molar-refractivity contribution >= 4 is 23.9 Å². The fraction of sp³-hybridized carbons (Fsp3) is 0.526. The number of fused-ring (bicyclic) bond motifs is 4. The molecule has 2 saturated carbocycles. The maximum absolute atomic E-state index is 14.2. The van der Waals surface area contributed by atoms with E-state index in [1.807, 2.05) is 0 Å². The Balaban J connectivity index is 1.69. The Morgan fingerprint density at radius 3 is 1.84 bits per heavy atom. The summed E-state index contributed by atoms with van der Waals surface area (Å²) in [5.41, 5.74) is -6.11. The molecule has 50 heavy (non-hydrogen) atoms. The summed E-state index contributed by atoms with van der Waals surface area (Å²) in [5.74, 6) is -4.22. The third-order valence-corrected chi connectivity index (χ3v) is 11.5. The van der Waals surface area contributed by atoms with Crippen molar-refractivity contribution in [3.05, 3.63) is 82.9 Å². The minimum atomic E-state index is -1.84. The van der Waals surface area contributed by atoms with Gasteiger partial charge in [-0.05, 0) is 62.6 Å². The molecule has 2 aromatic carbocycles. The van der Waals surface area contributed by atoms with Crippen molar-refractivity contribution in [3.8, 4) is 0 Å². The fourth-order valence-corrected chi connectivity index (χ4v) is 9.29. The Bertz CT molecular complexity index is 1700. The first-order valence-corrected chi connectivity index (χ1v) is 16.8. The number of ether oxygens (including phenoxy) is 5. The SMILES string of the molecule is CC(=O)OC1CC2OC[C@@]2(OC(C)=O)[C@H]2[C@H](OC(=O)c3ccccc3)[C@]3(C(C)(C)O)C[C@H](O)C(C)=C3[C@@H](O)[C@H](OC(=O)c3ccccc3)C12C. The van der Waals surface area contributed by atoms with Gasteiger partial charge in [0.05, 0.1) is 46.2 Å². The summed E-state index contributed by atoms with van der Waals surface area (Å²) >= 11 is 0. The van der Waals surface area contributed by atoms with E-state index in [1.165, 1.54) is 27.7 Å². The van der Waals surface area contributed by atoms with E-state index in [0.717, 1.165) is 0 Å². The van der Waals surface area contributed by atoms with Gasteiger partial charge >= 0.3 is 23.9 Å². The van der Waals surface area contributed by atoms with Crippen molar-refractivity contribution < 1.29 is 58.2 Å². The molecule has 268 valence electrons. The predicted octanol–water partition coefficient (Wildman–Crippen LogP) is 3.31. The molecule has 0 bridgehead atoms. The van der Waals surface area contributed by atoms with Crippen LogP contribution in [0, 0.1) is 16.7 Å². The summed E-state index contributed by atoms with van der Waals surface area (Å²) in [4.78, 5) is 53.9. The van der Waals surface area contributed by atoms with E-state index in [1.54, 1.807) is 74.5 Å². The van der Waals surface area contributed by atoms with Crippen molar-refractivity contribution in [1.29, 1.82) is 0 Å². The summed E-state index contributed by atoms with van der Waals surface area (Å²) in [7, 11) is 0. The lowest BCUT2D eigenvalue weighted by Gasteiger charge is -2.65. The monoisotopic (exact) mass is 692 g/mol. The number of carbonyl (C=O) groups is 4. The standard InChI is InChI=1S/C38H44O12/c1-20-25(41)18-37(35(4,5)45)28(20)29(42)31(48-33(43)23-13-9-7-10-14-23)36(6)26(47-21(2)39)17-27-38(19-46-27,50-22(3)40)30(36)32(37)49-34(44)24-15-11-8-12-16-24/h7-16,25-27,29-32,41-42,45H,17-19H2,1-6H3/t25-,26?,27?,29+,30-,31-,32-,36?,37-,38-/m0/s1. The van der Waals surface area contributed by atoms with Crippen LogP contribution >= 0.6 is 0 Å². The molecule has 4 aliphatic rings. The van der Waals surface area contributed by atoms with Gasteiger partial charge in [-0.3, -0.25) is 9.59 Å². The van der Waals surface area contributed by atoms with E-state index in [2.05, 4.69) is 0 Å². The molecule has 6 rings (SSSR count). The number of rotatable bonds is 7. The molecule has 3 aliphatic carbocycles. The molecule has 3 N–H and O–H groups in total. The van der Waals surface area contributed by atoms with Crippen LogP contribution in [0.1, 0.15) is 75.1 Å². The van der Waals surface area contributed by atoms with Crippen molar-refractivity contribution in [1.82, 2.24) is 0 Å². The van der Waals surface area contributed by atoms with Crippen molar-refractivity contribution in [2.45, 2.75) is 102 Å². The molecule has 0 radical (unpaired) electrons. The van der Waals surface area contributed by atoms with Gasteiger partial charge in [0.1, 0.15) is 30.5 Å². The highest BCUT2D eigenvalue weighted by atomic mass is 16.6. The third kappa shape index (κ3) is 5.35. The number of hydrogen-bond acceptors (Lipinski definition) is 12. The molecule has 0 spiro atoms. The molecule has 10 atom stereocenters. The number of hydrogen-bond donors (Lipinski definition) is 3. The summed E-state index contributed by atoms with van der Waals surface area (Å²) in [6.07, 6.45) is -8.27. The minimum Gasteiger partial charge on any atom is -0.462 e. The zero-order valence-corrected chi connectivity index (χ0v) is 29.0. The number of aliphatic hydroxyl groups is 3. The number of esters is 4. The van der Waals surface area contributed by atoms with Gasteiger partial charge in [0.15, 0.2) is 5.60 Å². The van der Waals surface area contributed by atoms with E-state index in [4.69, 9.17) is 23.7 Å². The molecule has 3 fully saturated rings. The van der Waals surface area contributed by atoms with Crippen molar-refractivity contribution in [2.75, 3.05) is 6.61 Å². The van der Waals surface area contributed by atoms with Crippen LogP contribution in [0.3, 0.4) is 0 Å². The highest BCUT2D eigenvalue weighted by Crippen LogP contribution is 2.68. The van der Waals surface area contributed by atoms with Gasteiger partial charge in [0.25, 0.3) is 0 Å². The maximum atomic E-state index is 14.2. The van der Waals surface area contributed by atoms with E-state index in [0.29, 0.717) is 0 Å². The topological polar surface area (TPSA) is 175 Å². The second-order valence-electron chi connectivity index (χ2n) is 14.7. The summed E-state index contributed by atoms with van der Waals surface area (Å²) < 4.78 is 31.0. The molecule has 0 amide bonds. The highest BCUT2D eigenvalue weighted by molar-refractivity contribution is 5.90. The zero-order chi connectivity index (χ0) is 36.4. The molecule has 12 heteroatoms. The van der Waals surface area contributed by atoms with Crippen LogP contribution in [-0.4, -0.2) is 93.6 Å². The van der Waals surface area contributed by atoms with Gasteiger partial charge in [-0.15, -0.1) is 0 Å². The Morgan fingerprint density at radius 2 is 1.38 bits per heavy atom. The predicted molar refractivity (Wildman–Crippen MR) is 175 cm³/mol. The van der Waals surface area contributed by atoms with Gasteiger partial charge in [0, 0.05) is 20.3 Å². The van der Waals surface area contributed by atoms with Gasteiger partial charge in [-0.25, -0.2) is 9.59 Å². The molecule has 12 nitrogen and oxygen atoms in total. The van der Waals surface area contributed by atoms with Crippen LogP contribution in [0.4, 0.5) is 0 Å². The third-order valence-electron chi connectivity index (χ3n) is 11.5. The zero-order valence-electron chi connectivity index (χ0n) is 29.0. The van der Waals surface area contributed by atoms with Crippen LogP contribution in [-0.2, 0) is 33.3 Å². The Hall–Kier alpha value is -4.10. The van der Waals surface area contributed by atoms with Crippen LogP contribution in [0.5, 0.6) is 0 Å². The maximum Gasteiger partial charge on any atom is 0.338 e. The molecule has 1 aliphatic heterocycles. The Kier molecular flexibility index (Phi) is 8.99. The number of aliphatic hydroxyl groups excluding tert-OH is 2. The van der Waals surface area contributed by atoms with Gasteiger partial charge in [-0.2, -0.15) is 0 Å². The van der Waals surface area contributed by atoms with Gasteiger partial charge < -0.3 is 39.0 Å². The average molecular weight is 693 g/mol. The molecule has 3 unspecified atom stereocenters. The summed E-state index contributed by atoms with van der Waals surface area (Å²) in [6.45, 7) is 8.48. The molecule has 0 aromatic heterocycles. The normalized spacial score (nSPS) is 36.1. The molecule has 1 saturated heterocycles. The van der Waals surface area contributed by atoms with E-state index < -0.39 is 88.5 Å². The van der Waals surface area contributed by atoms with Crippen LogP contribution in [0.25, 0.3) is 0 Å². The van der Waals surface area contributed by atoms with E-state index in [9.17, 15) is 34.5 Å². The van der Waals surface area contributed by atoms with Crippen LogP contribution in [0.15, 0.2) is 71.8 Å². The largest absolute Gasteiger partial charge is 0.462 e. The first-order chi connectivity index (χ1) is 23.5. The van der Waals surface area contributed by atoms with Crippen LogP contribution in [0.2, 0.25) is 0 Å². The molecular weight excluding hydrogens is 648 g/mol. The van der Waals surface area contributed by atoms with Crippen LogP contribution < -0.4 is 0 Å². The quantitative estimate of drug-likeness (QED) is 0.220. The fourth-order valence-electron chi connectivity index (χ4n) is 9.29. The molecule has 2 aromatic rings. The lowest BCUT2D eigenvalue weighted by Crippen LogP contribution is -2.79. The average Bonchev–Trinajstić information content (AvgIpc) is 3.30. The highest BCUT2D eigenvalue weighted by Gasteiger charge is 2.80. The second-order valence-corrected chi connectivity index (χ2v) is 14.7. The first-order valence-electron chi connectivity index (χ1n) is 16.8. The Morgan fingerprint density at radius 1 is 0.840 bits per heavy atom. The Labute approximate surface area is 290 Å². The van der Waals surface area contributed by atoms with E-state index >= 15 is 0 Å². The minimum absolute atomic E-state index is 0.0263. The second kappa shape index (κ2) is 12.6. The summed E-state index contributed by atoms with van der Waals surface area (Å²) in [5, 5.41) is 36.6. The lowest BCUT2D eigenvalue weighted by atomic mass is 9.49. The molecule has 1 heterocycles. The number of benzene rings is 2.